The van der Waals surface area contributed by atoms with E-state index in [1.807, 2.05) is 0 Å². The van der Waals surface area contributed by atoms with E-state index in [4.69, 9.17) is 9.15 Å². The van der Waals surface area contributed by atoms with Crippen LogP contribution in [0.2, 0.25) is 0 Å². The number of rotatable bonds is 4. The van der Waals surface area contributed by atoms with Gasteiger partial charge in [0.1, 0.15) is 6.61 Å². The lowest BCUT2D eigenvalue weighted by Gasteiger charge is -2.03. The van der Waals surface area contributed by atoms with Gasteiger partial charge in [0, 0.05) is 19.5 Å². The van der Waals surface area contributed by atoms with Gasteiger partial charge in [-0.1, -0.05) is 0 Å². The number of nitrogens with one attached hydrogen (secondary N) is 1. The number of pyridine rings is 1. The number of ether oxygens (including phenoxy) is 1. The largest absolute Gasteiger partial charge is 0.461 e. The van der Waals surface area contributed by atoms with E-state index in [0.717, 1.165) is 0 Å². The summed E-state index contributed by atoms with van der Waals surface area (Å²) in [5.41, 5.74) is 0.258. The highest BCUT2D eigenvalue weighted by Crippen LogP contribution is 2.16. The number of aromatic nitrogens is 8. The Morgan fingerprint density at radius 1 is 1.30 bits per heavy atom. The lowest BCUT2D eigenvalue weighted by Crippen LogP contribution is -2.20. The van der Waals surface area contributed by atoms with Gasteiger partial charge in [0.2, 0.25) is 0 Å². The molecule has 0 atom stereocenters. The van der Waals surface area contributed by atoms with Gasteiger partial charge in [-0.05, 0) is 18.2 Å². The summed E-state index contributed by atoms with van der Waals surface area (Å²) >= 11 is 0. The highest BCUT2D eigenvalue weighted by atomic mass is 16.5. The molecule has 0 aliphatic carbocycles. The molecule has 27 heavy (non-hydrogen) atoms. The third kappa shape index (κ3) is 2.40. The van der Waals surface area contributed by atoms with E-state index in [9.17, 15) is 4.79 Å². The molecule has 11 nitrogen and oxygen atoms in total. The monoisotopic (exact) mass is 364 g/mol. The van der Waals surface area contributed by atoms with Crippen LogP contribution >= 0.6 is 0 Å². The summed E-state index contributed by atoms with van der Waals surface area (Å²) < 4.78 is 13.2. The van der Waals surface area contributed by atoms with Crippen LogP contribution in [0.1, 0.15) is 5.82 Å². The fourth-order valence-corrected chi connectivity index (χ4v) is 2.79. The quantitative estimate of drug-likeness (QED) is 0.499. The molecule has 0 unspecified atom stereocenters. The number of hydrogen-bond donors (Lipinski definition) is 1. The van der Waals surface area contributed by atoms with Crippen molar-refractivity contribution in [1.29, 1.82) is 0 Å². The standard InChI is InChI=1S/C16H12N8O3/c1-26-8-12-18-15-17-7-9-10(24(15)22-12)4-5-23(14(9)25)16-19-13(20-21-16)11-3-2-6-27-11/h2-7H,8H2,1H3,(H,19,20,21). The van der Waals surface area contributed by atoms with E-state index in [0.29, 0.717) is 34.1 Å². The molecule has 0 fully saturated rings. The zero-order chi connectivity index (χ0) is 18.4. The Hall–Kier alpha value is -3.86. The summed E-state index contributed by atoms with van der Waals surface area (Å²) in [6.07, 6.45) is 4.58. The molecule has 5 aromatic rings. The summed E-state index contributed by atoms with van der Waals surface area (Å²) in [7, 11) is 1.56. The molecule has 0 aromatic carbocycles. The predicted octanol–water partition coefficient (Wildman–Crippen LogP) is 0.953. The van der Waals surface area contributed by atoms with Gasteiger partial charge < -0.3 is 9.15 Å². The Morgan fingerprint density at radius 2 is 2.22 bits per heavy atom. The Labute approximate surface area is 150 Å². The van der Waals surface area contributed by atoms with Crippen LogP contribution in [0.3, 0.4) is 0 Å². The lowest BCUT2D eigenvalue weighted by atomic mass is 10.3. The van der Waals surface area contributed by atoms with Gasteiger partial charge in [-0.25, -0.2) is 9.55 Å². The van der Waals surface area contributed by atoms with Crippen molar-refractivity contribution in [1.82, 2.24) is 39.3 Å². The molecule has 1 N–H and O–H groups in total. The smallest absolute Gasteiger partial charge is 0.268 e. The predicted molar refractivity (Wildman–Crippen MR) is 92.2 cm³/mol. The topological polar surface area (TPSA) is 129 Å². The molecule has 0 amide bonds. The summed E-state index contributed by atoms with van der Waals surface area (Å²) in [5.74, 6) is 2.03. The average molecular weight is 364 g/mol. The minimum absolute atomic E-state index is 0.201. The van der Waals surface area contributed by atoms with Gasteiger partial charge in [0.15, 0.2) is 17.4 Å². The Balaban J connectivity index is 1.65. The van der Waals surface area contributed by atoms with E-state index in [1.54, 1.807) is 31.5 Å². The van der Waals surface area contributed by atoms with Gasteiger partial charge in [-0.15, -0.1) is 10.2 Å². The average Bonchev–Trinajstić information content (AvgIpc) is 3.41. The fraction of sp³-hybridized carbons (Fsp3) is 0.125. The van der Waals surface area contributed by atoms with Crippen LogP contribution in [0.5, 0.6) is 0 Å². The van der Waals surface area contributed by atoms with Crippen molar-refractivity contribution < 1.29 is 9.15 Å². The lowest BCUT2D eigenvalue weighted by molar-refractivity contribution is 0.178. The third-order valence-corrected chi connectivity index (χ3v) is 3.99. The maximum Gasteiger partial charge on any atom is 0.268 e. The Kier molecular flexibility index (Phi) is 3.33. The van der Waals surface area contributed by atoms with Crippen molar-refractivity contribution in [2.45, 2.75) is 6.61 Å². The maximum atomic E-state index is 12.9. The summed E-state index contributed by atoms with van der Waals surface area (Å²) in [5, 5.41) is 11.5. The highest BCUT2D eigenvalue weighted by Gasteiger charge is 2.15. The van der Waals surface area contributed by atoms with Gasteiger partial charge in [-0.2, -0.15) is 14.5 Å². The molecule has 0 saturated carbocycles. The molecule has 11 heteroatoms. The SMILES string of the molecule is COCc1nc2ncc3c(=O)n(-c4n[nH]c(-c5ccco5)n4)ccc3n2n1. The van der Waals surface area contributed by atoms with Gasteiger partial charge >= 0.3 is 0 Å². The first-order chi connectivity index (χ1) is 13.2. The number of nitrogens with zero attached hydrogens (tertiary/aromatic N) is 7. The van der Waals surface area contributed by atoms with Crippen molar-refractivity contribution in [3.63, 3.8) is 0 Å². The molecule has 0 radical (unpaired) electrons. The van der Waals surface area contributed by atoms with Crippen LogP contribution < -0.4 is 5.56 Å². The zero-order valence-corrected chi connectivity index (χ0v) is 14.0. The maximum absolute atomic E-state index is 12.9. The molecule has 0 saturated heterocycles. The second-order valence-electron chi connectivity index (χ2n) is 5.68. The molecular formula is C16H12N8O3. The Bertz CT molecular complexity index is 1310. The fourth-order valence-electron chi connectivity index (χ4n) is 2.79. The normalized spacial score (nSPS) is 11.6. The zero-order valence-electron chi connectivity index (χ0n) is 14.0. The molecule has 0 aliphatic heterocycles. The summed E-state index contributed by atoms with van der Waals surface area (Å²) in [6, 6.07) is 5.22. The molecular weight excluding hydrogens is 352 g/mol. The first-order valence-electron chi connectivity index (χ1n) is 7.96. The first-order valence-corrected chi connectivity index (χ1v) is 7.96. The van der Waals surface area contributed by atoms with E-state index >= 15 is 0 Å². The molecule has 134 valence electrons. The van der Waals surface area contributed by atoms with Gasteiger partial charge in [-0.3, -0.25) is 9.89 Å². The molecule has 0 aliphatic rings. The van der Waals surface area contributed by atoms with Crippen LogP contribution in [0.4, 0.5) is 0 Å². The number of methoxy groups -OCH3 is 1. The summed E-state index contributed by atoms with van der Waals surface area (Å²) in [6.45, 7) is 0.259. The van der Waals surface area contributed by atoms with E-state index in [1.165, 1.54) is 21.5 Å². The van der Waals surface area contributed by atoms with E-state index in [2.05, 4.69) is 30.2 Å². The third-order valence-electron chi connectivity index (χ3n) is 3.99. The number of H-pyrrole nitrogens is 1. The van der Waals surface area contributed by atoms with Crippen molar-refractivity contribution in [3.8, 4) is 17.5 Å². The molecule has 5 aromatic heterocycles. The Morgan fingerprint density at radius 3 is 3.04 bits per heavy atom. The minimum atomic E-state index is -0.323. The molecule has 0 spiro atoms. The van der Waals surface area contributed by atoms with E-state index < -0.39 is 0 Å². The molecule has 5 rings (SSSR count). The molecule has 5 heterocycles. The first kappa shape index (κ1) is 15.4. The van der Waals surface area contributed by atoms with Crippen LogP contribution in [-0.4, -0.2) is 46.4 Å². The van der Waals surface area contributed by atoms with Crippen LogP contribution in [0, 0.1) is 0 Å². The van der Waals surface area contributed by atoms with E-state index in [-0.39, 0.29) is 18.1 Å². The van der Waals surface area contributed by atoms with Crippen molar-refractivity contribution in [3.05, 3.63) is 53.0 Å². The number of hydrogen-bond acceptors (Lipinski definition) is 8. The number of furan rings is 1. The van der Waals surface area contributed by atoms with Crippen molar-refractivity contribution in [2.24, 2.45) is 0 Å². The second kappa shape index (κ2) is 5.85. The summed E-state index contributed by atoms with van der Waals surface area (Å²) in [4.78, 5) is 25.7. The van der Waals surface area contributed by atoms with Crippen LogP contribution in [0.15, 0.2) is 46.1 Å². The van der Waals surface area contributed by atoms with Crippen molar-refractivity contribution in [2.75, 3.05) is 7.11 Å². The number of aromatic amines is 1. The van der Waals surface area contributed by atoms with Gasteiger partial charge in [0.25, 0.3) is 17.3 Å². The van der Waals surface area contributed by atoms with Crippen LogP contribution in [0.25, 0.3) is 34.2 Å². The van der Waals surface area contributed by atoms with Crippen molar-refractivity contribution >= 4 is 16.7 Å². The second-order valence-corrected chi connectivity index (χ2v) is 5.68. The van der Waals surface area contributed by atoms with Gasteiger partial charge in [0.05, 0.1) is 17.2 Å². The highest BCUT2D eigenvalue weighted by molar-refractivity contribution is 5.78. The number of fused-ring (bicyclic) bond motifs is 3. The van der Waals surface area contributed by atoms with Crippen LogP contribution in [-0.2, 0) is 11.3 Å². The molecule has 0 bridgehead atoms. The minimum Gasteiger partial charge on any atom is -0.461 e.